The van der Waals surface area contributed by atoms with E-state index in [1.807, 2.05) is 13.8 Å². The zero-order valence-corrected chi connectivity index (χ0v) is 7.92. The summed E-state index contributed by atoms with van der Waals surface area (Å²) in [5.41, 5.74) is 0.920. The lowest BCUT2D eigenvalue weighted by Gasteiger charge is -1.84. The number of carbonyl (C=O) groups is 1. The standard InChI is InChI=1S/C7H8ClNOS/c1-4-5(2)11-7(9-4)6(10)3-8/h3H2,1-2H3. The van der Waals surface area contributed by atoms with Crippen LogP contribution in [-0.4, -0.2) is 16.6 Å². The van der Waals surface area contributed by atoms with Gasteiger partial charge in [-0.3, -0.25) is 4.79 Å². The molecule has 0 atom stereocenters. The van der Waals surface area contributed by atoms with Crippen molar-refractivity contribution in [3.63, 3.8) is 0 Å². The summed E-state index contributed by atoms with van der Waals surface area (Å²) in [6.45, 7) is 3.83. The fourth-order valence-electron chi connectivity index (χ4n) is 0.649. The summed E-state index contributed by atoms with van der Waals surface area (Å²) in [6, 6.07) is 0. The van der Waals surface area contributed by atoms with Crippen molar-refractivity contribution in [2.75, 3.05) is 5.88 Å². The van der Waals surface area contributed by atoms with E-state index in [4.69, 9.17) is 11.6 Å². The molecular weight excluding hydrogens is 182 g/mol. The van der Waals surface area contributed by atoms with Crippen LogP contribution in [0.4, 0.5) is 0 Å². The molecule has 0 aliphatic heterocycles. The molecule has 0 unspecified atom stereocenters. The average Bonchev–Trinajstić information content (AvgIpc) is 2.31. The number of nitrogens with zero attached hydrogens (tertiary/aromatic N) is 1. The van der Waals surface area contributed by atoms with Crippen LogP contribution >= 0.6 is 22.9 Å². The maximum absolute atomic E-state index is 11.0. The first-order valence-electron chi connectivity index (χ1n) is 3.18. The van der Waals surface area contributed by atoms with Crippen molar-refractivity contribution >= 4 is 28.7 Å². The number of Topliss-reactive ketones (excluding diaryl/α,β-unsaturated/α-hetero) is 1. The maximum Gasteiger partial charge on any atom is 0.206 e. The molecule has 11 heavy (non-hydrogen) atoms. The zero-order valence-electron chi connectivity index (χ0n) is 6.35. The Labute approximate surface area is 74.2 Å². The number of halogens is 1. The largest absolute Gasteiger partial charge is 0.290 e. The fourth-order valence-corrected chi connectivity index (χ4v) is 1.71. The first kappa shape index (κ1) is 8.68. The number of aromatic nitrogens is 1. The highest BCUT2D eigenvalue weighted by Crippen LogP contribution is 2.16. The smallest absolute Gasteiger partial charge is 0.206 e. The molecule has 0 N–H and O–H groups in total. The van der Waals surface area contributed by atoms with Crippen molar-refractivity contribution in [3.05, 3.63) is 15.6 Å². The second-order valence-corrected chi connectivity index (χ2v) is 3.69. The zero-order chi connectivity index (χ0) is 8.43. The molecule has 0 saturated carbocycles. The van der Waals surface area contributed by atoms with Gasteiger partial charge in [-0.1, -0.05) is 0 Å². The van der Waals surface area contributed by atoms with Gasteiger partial charge in [0.1, 0.15) is 0 Å². The van der Waals surface area contributed by atoms with E-state index in [2.05, 4.69) is 4.98 Å². The third-order valence-corrected chi connectivity index (χ3v) is 2.75. The van der Waals surface area contributed by atoms with Crippen LogP contribution in [0.15, 0.2) is 0 Å². The lowest BCUT2D eigenvalue weighted by molar-refractivity contribution is 0.102. The van der Waals surface area contributed by atoms with Gasteiger partial charge >= 0.3 is 0 Å². The van der Waals surface area contributed by atoms with Gasteiger partial charge in [-0.25, -0.2) is 4.98 Å². The lowest BCUT2D eigenvalue weighted by atomic mass is 10.4. The Morgan fingerprint density at radius 2 is 2.27 bits per heavy atom. The normalized spacial score (nSPS) is 10.1. The summed E-state index contributed by atoms with van der Waals surface area (Å²) >= 11 is 6.77. The molecule has 1 aromatic rings. The number of hydrogen-bond donors (Lipinski definition) is 0. The second kappa shape index (κ2) is 3.32. The molecule has 2 nitrogen and oxygen atoms in total. The van der Waals surface area contributed by atoms with Crippen LogP contribution in [0.25, 0.3) is 0 Å². The summed E-state index contributed by atoms with van der Waals surface area (Å²) < 4.78 is 0. The summed E-state index contributed by atoms with van der Waals surface area (Å²) in [7, 11) is 0. The SMILES string of the molecule is Cc1nc(C(=O)CCl)sc1C. The van der Waals surface area contributed by atoms with Gasteiger partial charge in [0, 0.05) is 4.88 Å². The van der Waals surface area contributed by atoms with Crippen molar-refractivity contribution in [2.24, 2.45) is 0 Å². The molecule has 1 rings (SSSR count). The van der Waals surface area contributed by atoms with Gasteiger partial charge in [0.2, 0.25) is 5.78 Å². The molecule has 0 amide bonds. The van der Waals surface area contributed by atoms with Gasteiger partial charge in [-0.05, 0) is 13.8 Å². The van der Waals surface area contributed by atoms with E-state index >= 15 is 0 Å². The van der Waals surface area contributed by atoms with E-state index in [0.717, 1.165) is 10.6 Å². The summed E-state index contributed by atoms with van der Waals surface area (Å²) in [6.07, 6.45) is 0. The number of thiazole rings is 1. The first-order valence-corrected chi connectivity index (χ1v) is 4.53. The number of ketones is 1. The van der Waals surface area contributed by atoms with E-state index in [0.29, 0.717) is 5.01 Å². The van der Waals surface area contributed by atoms with Crippen LogP contribution < -0.4 is 0 Å². The minimum Gasteiger partial charge on any atom is -0.290 e. The Kier molecular flexibility index (Phi) is 2.62. The van der Waals surface area contributed by atoms with Gasteiger partial charge in [-0.15, -0.1) is 22.9 Å². The van der Waals surface area contributed by atoms with Crippen LogP contribution in [0, 0.1) is 13.8 Å². The highest BCUT2D eigenvalue weighted by Gasteiger charge is 2.10. The van der Waals surface area contributed by atoms with E-state index in [-0.39, 0.29) is 11.7 Å². The van der Waals surface area contributed by atoms with Crippen molar-refractivity contribution in [1.82, 2.24) is 4.98 Å². The fraction of sp³-hybridized carbons (Fsp3) is 0.429. The first-order chi connectivity index (χ1) is 5.15. The molecule has 0 saturated heterocycles. The predicted octanol–water partition coefficient (Wildman–Crippen LogP) is 2.18. The number of hydrogen-bond acceptors (Lipinski definition) is 3. The Balaban J connectivity index is 2.97. The van der Waals surface area contributed by atoms with Gasteiger partial charge < -0.3 is 0 Å². The Morgan fingerprint density at radius 1 is 1.64 bits per heavy atom. The van der Waals surface area contributed by atoms with E-state index in [9.17, 15) is 4.79 Å². The maximum atomic E-state index is 11.0. The topological polar surface area (TPSA) is 30.0 Å². The van der Waals surface area contributed by atoms with Crippen LogP contribution in [0.1, 0.15) is 20.4 Å². The molecule has 0 fully saturated rings. The van der Waals surface area contributed by atoms with Crippen LogP contribution in [0.5, 0.6) is 0 Å². The van der Waals surface area contributed by atoms with Gasteiger partial charge in [-0.2, -0.15) is 0 Å². The minimum atomic E-state index is -0.0899. The van der Waals surface area contributed by atoms with Gasteiger partial charge in [0.15, 0.2) is 5.01 Å². The molecule has 0 bridgehead atoms. The van der Waals surface area contributed by atoms with Crippen molar-refractivity contribution < 1.29 is 4.79 Å². The Bertz CT molecular complexity index is 262. The molecule has 4 heteroatoms. The van der Waals surface area contributed by atoms with E-state index < -0.39 is 0 Å². The molecule has 1 heterocycles. The van der Waals surface area contributed by atoms with Gasteiger partial charge in [0.05, 0.1) is 11.6 Å². The average molecular weight is 190 g/mol. The third kappa shape index (κ3) is 1.79. The van der Waals surface area contributed by atoms with E-state index in [1.165, 1.54) is 11.3 Å². The van der Waals surface area contributed by atoms with Gasteiger partial charge in [0.25, 0.3) is 0 Å². The molecule has 0 aliphatic rings. The summed E-state index contributed by atoms with van der Waals surface area (Å²) in [5, 5.41) is 0.523. The number of alkyl halides is 1. The lowest BCUT2D eigenvalue weighted by Crippen LogP contribution is -1.98. The monoisotopic (exact) mass is 189 g/mol. The number of aryl methyl sites for hydroxylation is 2. The van der Waals surface area contributed by atoms with Crippen LogP contribution in [-0.2, 0) is 0 Å². The van der Waals surface area contributed by atoms with Crippen molar-refractivity contribution in [2.45, 2.75) is 13.8 Å². The highest BCUT2D eigenvalue weighted by molar-refractivity contribution is 7.13. The Hall–Kier alpha value is -0.410. The van der Waals surface area contributed by atoms with Crippen LogP contribution in [0.3, 0.4) is 0 Å². The molecular formula is C7H8ClNOS. The minimum absolute atomic E-state index is 0.0202. The van der Waals surface area contributed by atoms with Crippen molar-refractivity contribution in [1.29, 1.82) is 0 Å². The molecule has 1 aromatic heterocycles. The molecule has 0 aromatic carbocycles. The second-order valence-electron chi connectivity index (χ2n) is 2.22. The van der Waals surface area contributed by atoms with E-state index in [1.54, 1.807) is 0 Å². The molecule has 60 valence electrons. The Morgan fingerprint density at radius 3 is 2.64 bits per heavy atom. The number of rotatable bonds is 2. The van der Waals surface area contributed by atoms with Crippen molar-refractivity contribution in [3.8, 4) is 0 Å². The number of carbonyl (C=O) groups excluding carboxylic acids is 1. The third-order valence-electron chi connectivity index (χ3n) is 1.39. The molecule has 0 aliphatic carbocycles. The molecule has 0 radical (unpaired) electrons. The quantitative estimate of drug-likeness (QED) is 0.527. The molecule has 0 spiro atoms. The highest BCUT2D eigenvalue weighted by atomic mass is 35.5. The summed E-state index contributed by atoms with van der Waals surface area (Å²) in [5.74, 6) is -0.0697. The van der Waals surface area contributed by atoms with Crippen LogP contribution in [0.2, 0.25) is 0 Å². The summed E-state index contributed by atoms with van der Waals surface area (Å²) in [4.78, 5) is 16.1. The predicted molar refractivity (Wildman–Crippen MR) is 46.6 cm³/mol.